The van der Waals surface area contributed by atoms with Gasteiger partial charge in [0.15, 0.2) is 0 Å². The van der Waals surface area contributed by atoms with Crippen molar-refractivity contribution in [1.29, 1.82) is 0 Å². The molecular formula is C34H33N3. The molecule has 0 amide bonds. The Morgan fingerprint density at radius 3 is 1.92 bits per heavy atom. The van der Waals surface area contributed by atoms with E-state index in [2.05, 4.69) is 120 Å². The highest BCUT2D eigenvalue weighted by Gasteiger charge is 2.17. The van der Waals surface area contributed by atoms with Gasteiger partial charge in [-0.05, 0) is 44.7 Å². The fourth-order valence-corrected chi connectivity index (χ4v) is 4.76. The molecule has 0 saturated heterocycles. The summed E-state index contributed by atoms with van der Waals surface area (Å²) in [4.78, 5) is 0. The minimum atomic E-state index is -0.0569. The van der Waals surface area contributed by atoms with E-state index in [4.69, 9.17) is 5.73 Å². The van der Waals surface area contributed by atoms with Crippen molar-refractivity contribution < 1.29 is 0 Å². The van der Waals surface area contributed by atoms with Gasteiger partial charge in [0.25, 0.3) is 0 Å². The van der Waals surface area contributed by atoms with Crippen LogP contribution >= 0.6 is 0 Å². The zero-order valence-electron chi connectivity index (χ0n) is 21.0. The van der Waals surface area contributed by atoms with Crippen molar-refractivity contribution in [3.05, 3.63) is 161 Å². The Kier molecular flexibility index (Phi) is 8.07. The average Bonchev–Trinajstić information content (AvgIpc) is 2.97. The minimum absolute atomic E-state index is 0.0569. The van der Waals surface area contributed by atoms with Crippen LogP contribution in [0.15, 0.2) is 133 Å². The summed E-state index contributed by atoms with van der Waals surface area (Å²) in [5, 5.41) is 9.97. The topological polar surface area (TPSA) is 50.1 Å². The molecule has 3 nitrogen and oxygen atoms in total. The maximum atomic E-state index is 6.65. The highest BCUT2D eigenvalue weighted by atomic mass is 14.9. The van der Waals surface area contributed by atoms with Crippen molar-refractivity contribution in [3.8, 4) is 0 Å². The number of fused-ring (bicyclic) bond motifs is 1. The Labute approximate surface area is 219 Å². The second kappa shape index (κ2) is 12.2. The van der Waals surface area contributed by atoms with E-state index in [1.165, 1.54) is 33.0 Å². The van der Waals surface area contributed by atoms with Gasteiger partial charge in [-0.2, -0.15) is 0 Å². The van der Waals surface area contributed by atoms with Crippen LogP contribution in [0.2, 0.25) is 0 Å². The Balaban J connectivity index is 1.51. The molecule has 3 heteroatoms. The molecule has 37 heavy (non-hydrogen) atoms. The lowest BCUT2D eigenvalue weighted by molar-refractivity contribution is 0.608. The molecular weight excluding hydrogens is 450 g/mol. The largest absolute Gasteiger partial charge is 0.398 e. The molecule has 0 aromatic heterocycles. The summed E-state index contributed by atoms with van der Waals surface area (Å²) in [5.41, 5.74) is 13.5. The van der Waals surface area contributed by atoms with Crippen LogP contribution in [0.3, 0.4) is 0 Å². The first-order valence-corrected chi connectivity index (χ1v) is 12.8. The van der Waals surface area contributed by atoms with Crippen molar-refractivity contribution in [2.24, 2.45) is 5.73 Å². The minimum Gasteiger partial charge on any atom is -0.398 e. The summed E-state index contributed by atoms with van der Waals surface area (Å²) in [5.74, 6) is 0. The molecule has 0 spiro atoms. The summed E-state index contributed by atoms with van der Waals surface area (Å²) < 4.78 is 0. The third kappa shape index (κ3) is 6.34. The molecule has 0 heterocycles. The molecule has 0 aliphatic carbocycles. The van der Waals surface area contributed by atoms with E-state index in [0.717, 1.165) is 30.9 Å². The maximum absolute atomic E-state index is 6.65. The molecule has 0 saturated carbocycles. The zero-order valence-corrected chi connectivity index (χ0v) is 21.0. The van der Waals surface area contributed by atoms with Gasteiger partial charge in [0.2, 0.25) is 0 Å². The number of hydrogen-bond acceptors (Lipinski definition) is 3. The van der Waals surface area contributed by atoms with Crippen LogP contribution in [-0.4, -0.2) is 0 Å². The summed E-state index contributed by atoms with van der Waals surface area (Å²) in [6.07, 6.45) is 2.16. The Bertz CT molecular complexity index is 1440. The molecule has 4 N–H and O–H groups in total. The average molecular weight is 484 g/mol. The fraction of sp³-hybridized carbons (Fsp3) is 0.118. The van der Waals surface area contributed by atoms with E-state index in [0.29, 0.717) is 0 Å². The van der Waals surface area contributed by atoms with E-state index in [1.807, 2.05) is 24.3 Å². The number of rotatable bonds is 10. The molecule has 0 aliphatic rings. The van der Waals surface area contributed by atoms with E-state index in [-0.39, 0.29) is 6.04 Å². The first-order valence-electron chi connectivity index (χ1n) is 12.8. The van der Waals surface area contributed by atoms with E-state index in [1.54, 1.807) is 0 Å². The summed E-state index contributed by atoms with van der Waals surface area (Å²) in [7, 11) is 0. The van der Waals surface area contributed by atoms with Crippen molar-refractivity contribution in [3.63, 3.8) is 0 Å². The summed E-state index contributed by atoms with van der Waals surface area (Å²) in [6, 6.07) is 44.3. The van der Waals surface area contributed by atoms with Gasteiger partial charge in [0.1, 0.15) is 0 Å². The van der Waals surface area contributed by atoms with Gasteiger partial charge in [0.05, 0.1) is 6.04 Å². The van der Waals surface area contributed by atoms with Crippen LogP contribution < -0.4 is 16.4 Å². The Morgan fingerprint density at radius 1 is 0.622 bits per heavy atom. The molecule has 0 aliphatic heterocycles. The summed E-state index contributed by atoms with van der Waals surface area (Å²) >= 11 is 0. The predicted molar refractivity (Wildman–Crippen MR) is 156 cm³/mol. The second-order valence-corrected chi connectivity index (χ2v) is 9.28. The number of benzene rings is 5. The van der Waals surface area contributed by atoms with Gasteiger partial charge in [-0.3, -0.25) is 0 Å². The van der Waals surface area contributed by atoms with Crippen molar-refractivity contribution in [2.45, 2.75) is 25.7 Å². The van der Waals surface area contributed by atoms with E-state index >= 15 is 0 Å². The number of nitrogens with two attached hydrogens (primary N) is 1. The number of nitrogens with one attached hydrogen (secondary N) is 2. The molecule has 0 fully saturated rings. The third-order valence-corrected chi connectivity index (χ3v) is 6.71. The lowest BCUT2D eigenvalue weighted by Gasteiger charge is -2.22. The van der Waals surface area contributed by atoms with Crippen LogP contribution in [0.4, 0.5) is 0 Å². The SMILES string of the molecule is N/C(=C\C(NCc1ccccc1)c1ccc2ccccc2c1CNCc1ccccc1)c1ccccc1. The van der Waals surface area contributed by atoms with Gasteiger partial charge in [-0.25, -0.2) is 0 Å². The predicted octanol–water partition coefficient (Wildman–Crippen LogP) is 6.96. The van der Waals surface area contributed by atoms with Gasteiger partial charge in [-0.15, -0.1) is 0 Å². The van der Waals surface area contributed by atoms with Crippen molar-refractivity contribution >= 4 is 16.5 Å². The summed E-state index contributed by atoms with van der Waals surface area (Å²) in [6.45, 7) is 2.32. The standard InChI is InChI=1S/C34H33N3/c35-33(29-17-8-3-9-18-29)22-34(37-24-27-14-6-2-7-15-27)31-21-20-28-16-10-11-19-30(28)32(31)25-36-23-26-12-4-1-5-13-26/h1-22,34,36-37H,23-25,35H2/b33-22-. The smallest absolute Gasteiger partial charge is 0.0535 e. The highest BCUT2D eigenvalue weighted by molar-refractivity contribution is 5.87. The van der Waals surface area contributed by atoms with E-state index in [9.17, 15) is 0 Å². The Hall–Kier alpha value is -4.18. The molecule has 1 atom stereocenters. The monoisotopic (exact) mass is 483 g/mol. The van der Waals surface area contributed by atoms with Crippen LogP contribution in [0.5, 0.6) is 0 Å². The molecule has 184 valence electrons. The molecule has 0 bridgehead atoms. The number of hydrogen-bond donors (Lipinski definition) is 3. The molecule has 0 radical (unpaired) electrons. The van der Waals surface area contributed by atoms with Gasteiger partial charge >= 0.3 is 0 Å². The van der Waals surface area contributed by atoms with Crippen LogP contribution in [0, 0.1) is 0 Å². The van der Waals surface area contributed by atoms with Gasteiger partial charge in [0, 0.05) is 25.3 Å². The maximum Gasteiger partial charge on any atom is 0.0535 e. The quantitative estimate of drug-likeness (QED) is 0.201. The Morgan fingerprint density at radius 2 is 1.22 bits per heavy atom. The van der Waals surface area contributed by atoms with Crippen molar-refractivity contribution in [2.75, 3.05) is 0 Å². The second-order valence-electron chi connectivity index (χ2n) is 9.28. The lowest BCUT2D eigenvalue weighted by Crippen LogP contribution is -2.23. The fourth-order valence-electron chi connectivity index (χ4n) is 4.76. The van der Waals surface area contributed by atoms with Crippen LogP contribution in [-0.2, 0) is 19.6 Å². The normalized spacial score (nSPS) is 12.5. The molecule has 5 rings (SSSR count). The van der Waals surface area contributed by atoms with Crippen LogP contribution in [0.25, 0.3) is 16.5 Å². The lowest BCUT2D eigenvalue weighted by atomic mass is 9.93. The van der Waals surface area contributed by atoms with Crippen molar-refractivity contribution in [1.82, 2.24) is 10.6 Å². The molecule has 5 aromatic rings. The third-order valence-electron chi connectivity index (χ3n) is 6.71. The molecule has 1 unspecified atom stereocenters. The first-order chi connectivity index (χ1) is 18.3. The van der Waals surface area contributed by atoms with Gasteiger partial charge in [-0.1, -0.05) is 127 Å². The van der Waals surface area contributed by atoms with E-state index < -0.39 is 0 Å². The highest BCUT2D eigenvalue weighted by Crippen LogP contribution is 2.29. The molecule has 5 aromatic carbocycles. The van der Waals surface area contributed by atoms with Crippen LogP contribution in [0.1, 0.15) is 33.9 Å². The zero-order chi connectivity index (χ0) is 25.3. The van der Waals surface area contributed by atoms with Gasteiger partial charge < -0.3 is 16.4 Å². The first kappa shape index (κ1) is 24.5.